The van der Waals surface area contributed by atoms with Crippen molar-refractivity contribution >= 4 is 17.9 Å². The Kier molecular flexibility index (Phi) is 7.45. The zero-order chi connectivity index (χ0) is 22.3. The van der Waals surface area contributed by atoms with Crippen LogP contribution in [-0.2, 0) is 9.48 Å². The van der Waals surface area contributed by atoms with Gasteiger partial charge in [0.05, 0.1) is 4.75 Å². The van der Waals surface area contributed by atoms with Gasteiger partial charge in [-0.1, -0.05) is 91.0 Å². The number of hydrogen-bond donors (Lipinski definition) is 1. The Morgan fingerprint density at radius 1 is 0.839 bits per heavy atom. The number of carbonyl (C=O) groups is 1. The summed E-state index contributed by atoms with van der Waals surface area (Å²) in [6, 6.07) is 31.1. The Balaban J connectivity index is 1.96. The van der Waals surface area contributed by atoms with Crippen molar-refractivity contribution in [3.63, 3.8) is 0 Å². The van der Waals surface area contributed by atoms with Gasteiger partial charge in [-0.3, -0.25) is 0 Å². The first-order chi connectivity index (χ1) is 14.8. The predicted molar refractivity (Wildman–Crippen MR) is 130 cm³/mol. The molecule has 0 saturated heterocycles. The van der Waals surface area contributed by atoms with Crippen LogP contribution in [0.5, 0.6) is 0 Å². The summed E-state index contributed by atoms with van der Waals surface area (Å²) < 4.78 is 4.96. The van der Waals surface area contributed by atoms with E-state index in [-0.39, 0.29) is 6.04 Å². The van der Waals surface area contributed by atoms with Gasteiger partial charge >= 0.3 is 6.09 Å². The first kappa shape index (κ1) is 23.0. The normalized spacial score (nSPS) is 12.8. The van der Waals surface area contributed by atoms with Crippen molar-refractivity contribution in [1.29, 1.82) is 0 Å². The summed E-state index contributed by atoms with van der Waals surface area (Å²) in [5, 5.41) is 2.87. The quantitative estimate of drug-likeness (QED) is 0.437. The Hall–Kier alpha value is -2.72. The number of benzene rings is 3. The number of ether oxygens (including phenoxy) is 1. The molecule has 1 atom stereocenters. The molecule has 1 N–H and O–H groups in total. The van der Waals surface area contributed by atoms with E-state index in [1.807, 2.05) is 39.0 Å². The van der Waals surface area contributed by atoms with Crippen LogP contribution in [0.3, 0.4) is 0 Å². The molecule has 161 valence electrons. The maximum Gasteiger partial charge on any atom is 0.407 e. The lowest BCUT2D eigenvalue weighted by Gasteiger charge is -2.36. The van der Waals surface area contributed by atoms with E-state index in [1.165, 1.54) is 16.7 Å². The van der Waals surface area contributed by atoms with Crippen LogP contribution < -0.4 is 5.32 Å². The third-order valence-electron chi connectivity index (χ3n) is 4.76. The van der Waals surface area contributed by atoms with E-state index in [1.54, 1.807) is 11.8 Å². The molecule has 0 aliphatic carbocycles. The zero-order valence-electron chi connectivity index (χ0n) is 18.4. The average molecular weight is 433 g/mol. The largest absolute Gasteiger partial charge is 0.444 e. The van der Waals surface area contributed by atoms with E-state index in [0.29, 0.717) is 5.75 Å². The van der Waals surface area contributed by atoms with Gasteiger partial charge in [0.25, 0.3) is 0 Å². The lowest BCUT2D eigenvalue weighted by atomic mass is 9.84. The number of nitrogens with one attached hydrogen (secondary N) is 1. The molecule has 0 aromatic heterocycles. The first-order valence-corrected chi connectivity index (χ1v) is 11.4. The van der Waals surface area contributed by atoms with Gasteiger partial charge in [0.15, 0.2) is 0 Å². The van der Waals surface area contributed by atoms with E-state index < -0.39 is 16.4 Å². The molecular weight excluding hydrogens is 402 g/mol. The second-order valence-electron chi connectivity index (χ2n) is 8.43. The fourth-order valence-corrected chi connectivity index (χ4v) is 4.95. The minimum Gasteiger partial charge on any atom is -0.444 e. The highest BCUT2D eigenvalue weighted by molar-refractivity contribution is 8.00. The monoisotopic (exact) mass is 432 g/mol. The molecule has 3 nitrogen and oxygen atoms in total. The van der Waals surface area contributed by atoms with Crippen LogP contribution in [0.4, 0.5) is 4.79 Å². The molecule has 0 unspecified atom stereocenters. The Labute approximate surface area is 190 Å². The summed E-state index contributed by atoms with van der Waals surface area (Å²) >= 11 is 1.76. The molecule has 0 saturated carbocycles. The standard InChI is InChI=1S/C27H30NO2S/c1-21(28-25(29)30-26(2,3)4)20-31-27(22-14-8-5-9-15-22,23-16-10-6-11-17-23)24-18-12-7-13-19-24/h5-19,21H,1,20H2,2-4H3,(H,28,29)/t21-/m1/s1. The van der Waals surface area contributed by atoms with Crippen molar-refractivity contribution < 1.29 is 9.53 Å². The van der Waals surface area contributed by atoms with Gasteiger partial charge in [0, 0.05) is 11.8 Å². The predicted octanol–water partition coefficient (Wildman–Crippen LogP) is 6.44. The lowest BCUT2D eigenvalue weighted by molar-refractivity contribution is 0.0518. The average Bonchev–Trinajstić information content (AvgIpc) is 2.75. The fraction of sp³-hybridized carbons (Fsp3) is 0.259. The van der Waals surface area contributed by atoms with E-state index in [9.17, 15) is 4.79 Å². The van der Waals surface area contributed by atoms with Gasteiger partial charge < -0.3 is 10.1 Å². The molecule has 3 aromatic carbocycles. The van der Waals surface area contributed by atoms with E-state index >= 15 is 0 Å². The minimum atomic E-state index is -0.543. The Morgan fingerprint density at radius 3 is 1.58 bits per heavy atom. The molecule has 3 aromatic rings. The van der Waals surface area contributed by atoms with Gasteiger partial charge in [-0.05, 0) is 44.4 Å². The van der Waals surface area contributed by atoms with Crippen LogP contribution in [0.2, 0.25) is 0 Å². The first-order valence-electron chi connectivity index (χ1n) is 10.4. The van der Waals surface area contributed by atoms with Crippen molar-refractivity contribution in [3.8, 4) is 0 Å². The fourth-order valence-electron chi connectivity index (χ4n) is 3.51. The molecule has 31 heavy (non-hydrogen) atoms. The molecule has 0 bridgehead atoms. The van der Waals surface area contributed by atoms with Crippen molar-refractivity contribution in [2.75, 3.05) is 5.75 Å². The molecule has 3 rings (SSSR count). The van der Waals surface area contributed by atoms with E-state index in [2.05, 4.69) is 85.0 Å². The summed E-state index contributed by atoms with van der Waals surface area (Å²) in [6.07, 6.45) is -0.446. The van der Waals surface area contributed by atoms with Crippen LogP contribution in [0.25, 0.3) is 0 Å². The van der Waals surface area contributed by atoms with Crippen LogP contribution in [0, 0.1) is 6.92 Å². The molecule has 1 radical (unpaired) electrons. The van der Waals surface area contributed by atoms with Crippen molar-refractivity contribution in [1.82, 2.24) is 5.32 Å². The number of alkyl carbamates (subject to hydrolysis) is 1. The number of amides is 1. The van der Waals surface area contributed by atoms with Crippen molar-refractivity contribution in [2.45, 2.75) is 37.2 Å². The molecule has 1 amide bonds. The zero-order valence-corrected chi connectivity index (χ0v) is 19.2. The van der Waals surface area contributed by atoms with Gasteiger partial charge in [-0.15, -0.1) is 11.8 Å². The van der Waals surface area contributed by atoms with Crippen LogP contribution >= 0.6 is 11.8 Å². The molecule has 0 fully saturated rings. The smallest absolute Gasteiger partial charge is 0.407 e. The summed E-state index contributed by atoms with van der Waals surface area (Å²) in [5.41, 5.74) is 3.00. The SMILES string of the molecule is [CH2][C@H](CSC(c1ccccc1)(c1ccccc1)c1ccccc1)NC(=O)OC(C)(C)C. The van der Waals surface area contributed by atoms with Gasteiger partial charge in [0.1, 0.15) is 5.60 Å². The molecule has 0 aliphatic rings. The van der Waals surface area contributed by atoms with E-state index in [0.717, 1.165) is 0 Å². The topological polar surface area (TPSA) is 38.3 Å². The summed E-state index contributed by atoms with van der Waals surface area (Å²) in [4.78, 5) is 12.2. The number of rotatable bonds is 7. The van der Waals surface area contributed by atoms with Crippen LogP contribution in [0.1, 0.15) is 37.5 Å². The number of hydrogen-bond acceptors (Lipinski definition) is 3. The van der Waals surface area contributed by atoms with Crippen LogP contribution in [-0.4, -0.2) is 23.5 Å². The summed E-state index contributed by atoms with van der Waals surface area (Å²) in [6.45, 7) is 9.71. The molecule has 4 heteroatoms. The van der Waals surface area contributed by atoms with Gasteiger partial charge in [-0.25, -0.2) is 4.79 Å². The second-order valence-corrected chi connectivity index (χ2v) is 9.67. The van der Waals surface area contributed by atoms with Gasteiger partial charge in [0.2, 0.25) is 0 Å². The lowest BCUT2D eigenvalue weighted by Crippen LogP contribution is -2.40. The van der Waals surface area contributed by atoms with E-state index in [4.69, 9.17) is 4.74 Å². The Bertz CT molecular complexity index is 856. The third kappa shape index (κ3) is 5.92. The highest BCUT2D eigenvalue weighted by atomic mass is 32.2. The maximum absolute atomic E-state index is 12.2. The number of carbonyl (C=O) groups excluding carboxylic acids is 1. The highest BCUT2D eigenvalue weighted by Crippen LogP contribution is 2.48. The third-order valence-corrected chi connectivity index (χ3v) is 6.47. The summed E-state index contributed by atoms with van der Waals surface area (Å²) in [5.74, 6) is 0.609. The summed E-state index contributed by atoms with van der Waals surface area (Å²) in [7, 11) is 0. The number of thioether (sulfide) groups is 1. The maximum atomic E-state index is 12.2. The minimum absolute atomic E-state index is 0.310. The second kappa shape index (κ2) is 10.1. The van der Waals surface area contributed by atoms with Crippen LogP contribution in [0.15, 0.2) is 91.0 Å². The molecular formula is C27H30NO2S. The molecule has 0 aliphatic heterocycles. The molecule has 0 heterocycles. The Morgan fingerprint density at radius 2 is 1.23 bits per heavy atom. The van der Waals surface area contributed by atoms with Crippen molar-refractivity contribution in [2.24, 2.45) is 0 Å². The van der Waals surface area contributed by atoms with Crippen molar-refractivity contribution in [3.05, 3.63) is 115 Å². The van der Waals surface area contributed by atoms with Gasteiger partial charge in [-0.2, -0.15) is 0 Å². The highest BCUT2D eigenvalue weighted by Gasteiger charge is 2.37. The molecule has 0 spiro atoms.